The van der Waals surface area contributed by atoms with Gasteiger partial charge in [0, 0.05) is 32.2 Å². The van der Waals surface area contributed by atoms with Gasteiger partial charge in [-0.2, -0.15) is 0 Å². The smallest absolute Gasteiger partial charge is 0.236 e. The molecule has 4 heteroatoms. The number of rotatable bonds is 3. The predicted octanol–water partition coefficient (Wildman–Crippen LogP) is -0.502. The van der Waals surface area contributed by atoms with Gasteiger partial charge in [0.15, 0.2) is 0 Å². The van der Waals surface area contributed by atoms with Gasteiger partial charge in [-0.3, -0.25) is 9.69 Å². The lowest BCUT2D eigenvalue weighted by Gasteiger charge is -2.38. The van der Waals surface area contributed by atoms with Crippen molar-refractivity contribution < 1.29 is 4.79 Å². The molecule has 0 aromatic carbocycles. The molecule has 0 aromatic rings. The molecule has 2 N–H and O–H groups in total. The zero-order valence-corrected chi connectivity index (χ0v) is 8.49. The first-order valence-electron chi connectivity index (χ1n) is 4.91. The molecule has 0 aromatic heterocycles. The lowest BCUT2D eigenvalue weighted by Crippen LogP contribution is -2.55. The fraction of sp³-hybridized carbons (Fsp3) is 0.889. The fourth-order valence-corrected chi connectivity index (χ4v) is 1.74. The molecule has 0 saturated carbocycles. The molecule has 1 heterocycles. The van der Waals surface area contributed by atoms with Crippen LogP contribution in [0.4, 0.5) is 0 Å². The van der Waals surface area contributed by atoms with Crippen LogP contribution in [0.1, 0.15) is 13.8 Å². The van der Waals surface area contributed by atoms with E-state index < -0.39 is 0 Å². The van der Waals surface area contributed by atoms with Crippen LogP contribution in [0.5, 0.6) is 0 Å². The SMILES string of the molecule is CCN1CC(C)N(CCN)CC1=O. The third-order valence-corrected chi connectivity index (χ3v) is 2.60. The van der Waals surface area contributed by atoms with E-state index in [0.29, 0.717) is 19.1 Å². The lowest BCUT2D eigenvalue weighted by molar-refractivity contribution is -0.137. The number of nitrogens with two attached hydrogens (primary N) is 1. The highest BCUT2D eigenvalue weighted by Gasteiger charge is 2.27. The summed E-state index contributed by atoms with van der Waals surface area (Å²) in [5, 5.41) is 0. The summed E-state index contributed by atoms with van der Waals surface area (Å²) < 4.78 is 0. The largest absolute Gasteiger partial charge is 0.340 e. The van der Waals surface area contributed by atoms with Crippen LogP contribution in [-0.2, 0) is 4.79 Å². The van der Waals surface area contributed by atoms with Crippen molar-refractivity contribution >= 4 is 5.91 Å². The molecule has 1 aliphatic heterocycles. The van der Waals surface area contributed by atoms with E-state index in [2.05, 4.69) is 11.8 Å². The summed E-state index contributed by atoms with van der Waals surface area (Å²) in [4.78, 5) is 15.5. The molecule has 1 atom stereocenters. The number of nitrogens with zero attached hydrogens (tertiary/aromatic N) is 2. The Bertz CT molecular complexity index is 184. The molecule has 1 fully saturated rings. The summed E-state index contributed by atoms with van der Waals surface area (Å²) in [5.41, 5.74) is 5.47. The first-order valence-corrected chi connectivity index (χ1v) is 4.91. The van der Waals surface area contributed by atoms with Crippen molar-refractivity contribution in [3.05, 3.63) is 0 Å². The van der Waals surface area contributed by atoms with Crippen molar-refractivity contribution in [3.8, 4) is 0 Å². The predicted molar refractivity (Wildman–Crippen MR) is 52.3 cm³/mol. The number of carbonyl (C=O) groups excluding carboxylic acids is 1. The second-order valence-electron chi connectivity index (χ2n) is 3.54. The fourth-order valence-electron chi connectivity index (χ4n) is 1.74. The van der Waals surface area contributed by atoms with E-state index in [0.717, 1.165) is 19.6 Å². The Morgan fingerprint density at radius 1 is 1.62 bits per heavy atom. The maximum atomic E-state index is 11.5. The average molecular weight is 185 g/mol. The van der Waals surface area contributed by atoms with Crippen molar-refractivity contribution in [2.24, 2.45) is 5.73 Å². The van der Waals surface area contributed by atoms with Crippen molar-refractivity contribution in [3.63, 3.8) is 0 Å². The molecule has 0 bridgehead atoms. The van der Waals surface area contributed by atoms with E-state index >= 15 is 0 Å². The maximum Gasteiger partial charge on any atom is 0.236 e. The van der Waals surface area contributed by atoms with Crippen molar-refractivity contribution in [2.45, 2.75) is 19.9 Å². The van der Waals surface area contributed by atoms with E-state index in [4.69, 9.17) is 5.73 Å². The second-order valence-corrected chi connectivity index (χ2v) is 3.54. The number of hydrogen-bond acceptors (Lipinski definition) is 3. The van der Waals surface area contributed by atoms with Crippen LogP contribution in [0.2, 0.25) is 0 Å². The molecule has 1 amide bonds. The Labute approximate surface area is 79.7 Å². The molecule has 0 spiro atoms. The van der Waals surface area contributed by atoms with Crippen molar-refractivity contribution in [2.75, 3.05) is 32.7 Å². The van der Waals surface area contributed by atoms with Crippen LogP contribution >= 0.6 is 0 Å². The van der Waals surface area contributed by atoms with Gasteiger partial charge >= 0.3 is 0 Å². The zero-order chi connectivity index (χ0) is 9.84. The number of carbonyl (C=O) groups is 1. The molecule has 1 saturated heterocycles. The van der Waals surface area contributed by atoms with Crippen LogP contribution in [0.3, 0.4) is 0 Å². The third-order valence-electron chi connectivity index (χ3n) is 2.60. The quantitative estimate of drug-likeness (QED) is 0.645. The summed E-state index contributed by atoms with van der Waals surface area (Å²) in [6, 6.07) is 0.446. The van der Waals surface area contributed by atoms with Crippen molar-refractivity contribution in [1.29, 1.82) is 0 Å². The van der Waals surface area contributed by atoms with Gasteiger partial charge in [-0.15, -0.1) is 0 Å². The molecule has 1 aliphatic rings. The standard InChI is InChI=1S/C9H19N3O/c1-3-11-6-8(2)12(5-4-10)7-9(11)13/h8H,3-7,10H2,1-2H3. The Morgan fingerprint density at radius 3 is 2.85 bits per heavy atom. The summed E-state index contributed by atoms with van der Waals surface area (Å²) in [7, 11) is 0. The number of amides is 1. The van der Waals surface area contributed by atoms with Gasteiger partial charge in [0.1, 0.15) is 0 Å². The van der Waals surface area contributed by atoms with Gasteiger partial charge in [0.25, 0.3) is 0 Å². The van der Waals surface area contributed by atoms with E-state index in [9.17, 15) is 4.79 Å². The maximum absolute atomic E-state index is 11.5. The summed E-state index contributed by atoms with van der Waals surface area (Å²) in [6.45, 7) is 7.81. The molecule has 13 heavy (non-hydrogen) atoms. The summed E-state index contributed by atoms with van der Waals surface area (Å²) in [6.07, 6.45) is 0. The van der Waals surface area contributed by atoms with Crippen LogP contribution in [0, 0.1) is 0 Å². The van der Waals surface area contributed by atoms with Gasteiger partial charge in [0.2, 0.25) is 5.91 Å². The van der Waals surface area contributed by atoms with Crippen molar-refractivity contribution in [1.82, 2.24) is 9.80 Å². The van der Waals surface area contributed by atoms with Gasteiger partial charge in [0.05, 0.1) is 6.54 Å². The number of piperazine rings is 1. The minimum Gasteiger partial charge on any atom is -0.340 e. The van der Waals surface area contributed by atoms with Gasteiger partial charge in [-0.25, -0.2) is 0 Å². The Hall–Kier alpha value is -0.610. The second kappa shape index (κ2) is 4.58. The molecule has 76 valence electrons. The van der Waals surface area contributed by atoms with Crippen LogP contribution in [0.15, 0.2) is 0 Å². The minimum atomic E-state index is 0.231. The van der Waals surface area contributed by atoms with E-state index in [-0.39, 0.29) is 5.91 Å². The van der Waals surface area contributed by atoms with E-state index in [1.54, 1.807) is 0 Å². The van der Waals surface area contributed by atoms with Crippen LogP contribution in [-0.4, -0.2) is 54.5 Å². The van der Waals surface area contributed by atoms with Crippen LogP contribution < -0.4 is 5.73 Å². The summed E-state index contributed by atoms with van der Waals surface area (Å²) >= 11 is 0. The number of hydrogen-bond donors (Lipinski definition) is 1. The summed E-state index contributed by atoms with van der Waals surface area (Å²) in [5.74, 6) is 0.231. The molecular formula is C9H19N3O. The highest BCUT2D eigenvalue weighted by atomic mass is 16.2. The zero-order valence-electron chi connectivity index (χ0n) is 8.49. The topological polar surface area (TPSA) is 49.6 Å². The highest BCUT2D eigenvalue weighted by Crippen LogP contribution is 2.09. The molecular weight excluding hydrogens is 166 g/mol. The van der Waals surface area contributed by atoms with E-state index in [1.807, 2.05) is 11.8 Å². The monoisotopic (exact) mass is 185 g/mol. The molecule has 1 unspecified atom stereocenters. The van der Waals surface area contributed by atoms with Gasteiger partial charge < -0.3 is 10.6 Å². The highest BCUT2D eigenvalue weighted by molar-refractivity contribution is 5.79. The Balaban J connectivity index is 2.51. The first-order chi connectivity index (χ1) is 6.19. The van der Waals surface area contributed by atoms with E-state index in [1.165, 1.54) is 0 Å². The molecule has 4 nitrogen and oxygen atoms in total. The number of likely N-dealkylation sites (N-methyl/N-ethyl adjacent to an activating group) is 1. The Morgan fingerprint density at radius 2 is 2.31 bits per heavy atom. The molecule has 0 radical (unpaired) electrons. The molecule has 1 rings (SSSR count). The third kappa shape index (κ3) is 2.42. The van der Waals surface area contributed by atoms with Crippen LogP contribution in [0.25, 0.3) is 0 Å². The average Bonchev–Trinajstić information content (AvgIpc) is 2.11. The normalized spacial score (nSPS) is 25.3. The minimum absolute atomic E-state index is 0.231. The first kappa shape index (κ1) is 10.5. The van der Waals surface area contributed by atoms with Gasteiger partial charge in [-0.1, -0.05) is 0 Å². The lowest BCUT2D eigenvalue weighted by atomic mass is 10.2. The molecule has 0 aliphatic carbocycles. The van der Waals surface area contributed by atoms with Gasteiger partial charge in [-0.05, 0) is 13.8 Å². The Kier molecular flexibility index (Phi) is 3.69.